The number of nitrogens with one attached hydrogen (secondary N) is 1. The zero-order valence-corrected chi connectivity index (χ0v) is 13.3. The monoisotopic (exact) mass is 299 g/mol. The molecule has 0 amide bonds. The summed E-state index contributed by atoms with van der Waals surface area (Å²) in [5, 5.41) is 12.9. The van der Waals surface area contributed by atoms with Crippen LogP contribution in [0.15, 0.2) is 18.5 Å². The molecule has 5 heteroatoms. The van der Waals surface area contributed by atoms with Crippen LogP contribution in [-0.2, 0) is 20.0 Å². The van der Waals surface area contributed by atoms with Crippen molar-refractivity contribution < 1.29 is 0 Å². The number of rotatable bonds is 4. The molecule has 118 valence electrons. The van der Waals surface area contributed by atoms with Crippen molar-refractivity contribution in [2.75, 3.05) is 0 Å². The minimum absolute atomic E-state index is 0.425. The van der Waals surface area contributed by atoms with Gasteiger partial charge in [0, 0.05) is 37.1 Å². The Morgan fingerprint density at radius 2 is 2.09 bits per heavy atom. The van der Waals surface area contributed by atoms with Crippen molar-refractivity contribution in [1.29, 1.82) is 0 Å². The Labute approximate surface area is 131 Å². The van der Waals surface area contributed by atoms with Crippen molar-refractivity contribution in [3.8, 4) is 0 Å². The van der Waals surface area contributed by atoms with Crippen LogP contribution in [0.3, 0.4) is 0 Å². The Kier molecular flexibility index (Phi) is 3.74. The largest absolute Gasteiger partial charge is 0.304 e. The Morgan fingerprint density at radius 3 is 2.95 bits per heavy atom. The lowest BCUT2D eigenvalue weighted by molar-refractivity contribution is 0.436. The van der Waals surface area contributed by atoms with E-state index in [0.717, 1.165) is 18.7 Å². The fourth-order valence-corrected chi connectivity index (χ4v) is 3.99. The first kappa shape index (κ1) is 14.0. The average molecular weight is 299 g/mol. The summed E-state index contributed by atoms with van der Waals surface area (Å²) >= 11 is 0. The number of nitrogens with zero attached hydrogens (tertiary/aromatic N) is 4. The molecule has 0 spiro atoms. The second kappa shape index (κ2) is 5.88. The normalized spacial score (nSPS) is 22.1. The van der Waals surface area contributed by atoms with Crippen LogP contribution in [-0.4, -0.2) is 19.6 Å². The molecule has 2 aliphatic carbocycles. The molecule has 1 atom stereocenters. The van der Waals surface area contributed by atoms with Crippen molar-refractivity contribution in [1.82, 2.24) is 24.9 Å². The maximum absolute atomic E-state index is 4.77. The molecule has 2 aliphatic rings. The van der Waals surface area contributed by atoms with Gasteiger partial charge in [0.05, 0.1) is 17.9 Å². The molecule has 2 aromatic rings. The van der Waals surface area contributed by atoms with Gasteiger partial charge in [0.25, 0.3) is 0 Å². The Balaban J connectivity index is 1.41. The highest BCUT2D eigenvalue weighted by molar-refractivity contribution is 5.24. The first-order valence-electron chi connectivity index (χ1n) is 8.59. The van der Waals surface area contributed by atoms with Gasteiger partial charge in [0.1, 0.15) is 0 Å². The Hall–Kier alpha value is -1.62. The van der Waals surface area contributed by atoms with Crippen LogP contribution < -0.4 is 5.32 Å². The van der Waals surface area contributed by atoms with Gasteiger partial charge in [0.2, 0.25) is 0 Å². The minimum atomic E-state index is 0.425. The van der Waals surface area contributed by atoms with E-state index in [1.165, 1.54) is 49.8 Å². The van der Waals surface area contributed by atoms with Crippen LogP contribution in [0.2, 0.25) is 0 Å². The maximum atomic E-state index is 4.77. The van der Waals surface area contributed by atoms with Gasteiger partial charge in [-0.25, -0.2) is 0 Å². The van der Waals surface area contributed by atoms with E-state index in [-0.39, 0.29) is 0 Å². The molecule has 2 heterocycles. The lowest BCUT2D eigenvalue weighted by atomic mass is 9.93. The summed E-state index contributed by atoms with van der Waals surface area (Å²) in [6, 6.07) is 3.22. The van der Waals surface area contributed by atoms with Gasteiger partial charge >= 0.3 is 0 Å². The van der Waals surface area contributed by atoms with Crippen molar-refractivity contribution >= 4 is 0 Å². The van der Waals surface area contributed by atoms with E-state index in [1.54, 1.807) is 0 Å². The zero-order chi connectivity index (χ0) is 14.9. The third-order valence-corrected chi connectivity index (χ3v) is 5.27. The van der Waals surface area contributed by atoms with E-state index >= 15 is 0 Å². The third-order valence-electron chi connectivity index (χ3n) is 5.27. The van der Waals surface area contributed by atoms with Gasteiger partial charge in [0.15, 0.2) is 0 Å². The predicted octanol–water partition coefficient (Wildman–Crippen LogP) is 2.90. The fraction of sp³-hybridized carbons (Fsp3) is 0.647. The number of aromatic nitrogens is 4. The molecule has 0 bridgehead atoms. The van der Waals surface area contributed by atoms with Crippen LogP contribution in [0.4, 0.5) is 0 Å². The molecule has 0 unspecified atom stereocenters. The molecule has 0 saturated heterocycles. The molecule has 0 radical (unpaired) electrons. The standard InChI is InChI=1S/C17H25N5/c1-21-17-8-4-7-16(15(17)12-19-21)18-11-13-9-10-22(20-13)14-5-2-3-6-14/h9-10,12,14,16,18H,2-8,11H2,1H3/t16-/m1/s1. The van der Waals surface area contributed by atoms with Crippen LogP contribution in [0.25, 0.3) is 0 Å². The van der Waals surface area contributed by atoms with E-state index in [2.05, 4.69) is 27.4 Å². The highest BCUT2D eigenvalue weighted by atomic mass is 15.3. The van der Waals surface area contributed by atoms with Gasteiger partial charge in [-0.1, -0.05) is 12.8 Å². The number of hydrogen-bond acceptors (Lipinski definition) is 3. The molecule has 1 saturated carbocycles. The Bertz CT molecular complexity index is 635. The first-order valence-corrected chi connectivity index (χ1v) is 8.59. The molecular formula is C17H25N5. The molecular weight excluding hydrogens is 274 g/mol. The van der Waals surface area contributed by atoms with Gasteiger partial charge in [-0.2, -0.15) is 10.2 Å². The van der Waals surface area contributed by atoms with Crippen LogP contribution >= 0.6 is 0 Å². The van der Waals surface area contributed by atoms with Crippen LogP contribution in [0.5, 0.6) is 0 Å². The van der Waals surface area contributed by atoms with Crippen molar-refractivity contribution in [3.63, 3.8) is 0 Å². The van der Waals surface area contributed by atoms with Gasteiger partial charge in [-0.05, 0) is 38.2 Å². The minimum Gasteiger partial charge on any atom is -0.304 e. The van der Waals surface area contributed by atoms with E-state index in [0.29, 0.717) is 12.1 Å². The van der Waals surface area contributed by atoms with E-state index in [4.69, 9.17) is 5.10 Å². The molecule has 4 rings (SSSR count). The lowest BCUT2D eigenvalue weighted by Gasteiger charge is -2.23. The fourth-order valence-electron chi connectivity index (χ4n) is 3.99. The number of aryl methyl sites for hydroxylation is 1. The lowest BCUT2D eigenvalue weighted by Crippen LogP contribution is -2.25. The van der Waals surface area contributed by atoms with Crippen LogP contribution in [0, 0.1) is 0 Å². The third kappa shape index (κ3) is 2.58. The molecule has 5 nitrogen and oxygen atoms in total. The SMILES string of the molecule is Cn1ncc2c1CCC[C@H]2NCc1ccn(C2CCCC2)n1. The van der Waals surface area contributed by atoms with Gasteiger partial charge in [-0.15, -0.1) is 0 Å². The zero-order valence-electron chi connectivity index (χ0n) is 13.3. The number of fused-ring (bicyclic) bond motifs is 1. The summed E-state index contributed by atoms with van der Waals surface area (Å²) < 4.78 is 4.21. The summed E-state index contributed by atoms with van der Waals surface area (Å²) in [5.74, 6) is 0. The van der Waals surface area contributed by atoms with E-state index in [9.17, 15) is 0 Å². The molecule has 1 N–H and O–H groups in total. The van der Waals surface area contributed by atoms with Crippen molar-refractivity contribution in [3.05, 3.63) is 35.4 Å². The second-order valence-corrected chi connectivity index (χ2v) is 6.72. The summed E-state index contributed by atoms with van der Waals surface area (Å²) in [7, 11) is 2.05. The summed E-state index contributed by atoms with van der Waals surface area (Å²) in [6.07, 6.45) is 13.1. The van der Waals surface area contributed by atoms with E-state index < -0.39 is 0 Å². The highest BCUT2D eigenvalue weighted by Crippen LogP contribution is 2.30. The highest BCUT2D eigenvalue weighted by Gasteiger charge is 2.23. The number of hydrogen-bond donors (Lipinski definition) is 1. The van der Waals surface area contributed by atoms with Crippen molar-refractivity contribution in [2.45, 2.75) is 63.6 Å². The molecule has 22 heavy (non-hydrogen) atoms. The second-order valence-electron chi connectivity index (χ2n) is 6.72. The van der Waals surface area contributed by atoms with Gasteiger partial charge < -0.3 is 5.32 Å². The molecule has 0 aromatic carbocycles. The Morgan fingerprint density at radius 1 is 1.23 bits per heavy atom. The average Bonchev–Trinajstić information content (AvgIpc) is 3.26. The summed E-state index contributed by atoms with van der Waals surface area (Å²) in [6.45, 7) is 0.846. The first-order chi connectivity index (χ1) is 10.8. The summed E-state index contributed by atoms with van der Waals surface area (Å²) in [4.78, 5) is 0. The quantitative estimate of drug-likeness (QED) is 0.944. The predicted molar refractivity (Wildman–Crippen MR) is 85.5 cm³/mol. The van der Waals surface area contributed by atoms with E-state index in [1.807, 2.05) is 17.9 Å². The molecule has 1 fully saturated rings. The maximum Gasteiger partial charge on any atom is 0.0762 e. The van der Waals surface area contributed by atoms with Crippen LogP contribution in [0.1, 0.15) is 67.6 Å². The van der Waals surface area contributed by atoms with Gasteiger partial charge in [-0.3, -0.25) is 9.36 Å². The molecule has 0 aliphatic heterocycles. The smallest absolute Gasteiger partial charge is 0.0762 e. The summed E-state index contributed by atoms with van der Waals surface area (Å²) in [5.41, 5.74) is 3.92. The topological polar surface area (TPSA) is 47.7 Å². The van der Waals surface area contributed by atoms with Crippen molar-refractivity contribution in [2.24, 2.45) is 7.05 Å². The molecule has 2 aromatic heterocycles.